The highest BCUT2D eigenvalue weighted by atomic mass is 16.3. The van der Waals surface area contributed by atoms with E-state index in [0.717, 1.165) is 11.4 Å². The molecule has 1 rings (SSSR count). The molecule has 14 heavy (non-hydrogen) atoms. The van der Waals surface area contributed by atoms with Gasteiger partial charge in [-0.1, -0.05) is 6.92 Å². The lowest BCUT2D eigenvalue weighted by atomic mass is 9.95. The largest absolute Gasteiger partial charge is 0.388 e. The number of hydrogen-bond acceptors (Lipinski definition) is 3. The first kappa shape index (κ1) is 11.2. The number of nitrogens with two attached hydrogens (primary N) is 1. The van der Waals surface area contributed by atoms with E-state index in [1.54, 1.807) is 4.68 Å². The molecule has 1 aromatic heterocycles. The van der Waals surface area contributed by atoms with Crippen LogP contribution < -0.4 is 5.73 Å². The number of aryl methyl sites for hydroxylation is 2. The molecule has 0 aliphatic rings. The average molecular weight is 197 g/mol. The van der Waals surface area contributed by atoms with Gasteiger partial charge in [-0.15, -0.1) is 0 Å². The fraction of sp³-hybridized carbons (Fsp3) is 0.700. The summed E-state index contributed by atoms with van der Waals surface area (Å²) in [4.78, 5) is 0. The van der Waals surface area contributed by atoms with E-state index in [4.69, 9.17) is 5.73 Å². The summed E-state index contributed by atoms with van der Waals surface area (Å²) in [5.41, 5.74) is 6.75. The van der Waals surface area contributed by atoms with E-state index in [0.29, 0.717) is 12.8 Å². The zero-order chi connectivity index (χ0) is 10.8. The molecule has 1 atom stereocenters. The van der Waals surface area contributed by atoms with Crippen LogP contribution in [0.1, 0.15) is 24.7 Å². The quantitative estimate of drug-likeness (QED) is 0.733. The van der Waals surface area contributed by atoms with Crippen molar-refractivity contribution in [2.24, 2.45) is 12.8 Å². The zero-order valence-electron chi connectivity index (χ0n) is 9.12. The van der Waals surface area contributed by atoms with Gasteiger partial charge in [0.2, 0.25) is 0 Å². The summed E-state index contributed by atoms with van der Waals surface area (Å²) in [7, 11) is 1.88. The molecular weight excluding hydrogens is 178 g/mol. The second kappa shape index (κ2) is 4.11. The van der Waals surface area contributed by atoms with Crippen LogP contribution in [0.3, 0.4) is 0 Å². The normalized spacial score (nSPS) is 15.5. The second-order valence-electron chi connectivity index (χ2n) is 3.86. The van der Waals surface area contributed by atoms with E-state index in [9.17, 15) is 5.11 Å². The van der Waals surface area contributed by atoms with Gasteiger partial charge in [-0.05, 0) is 19.4 Å². The van der Waals surface area contributed by atoms with Crippen molar-refractivity contribution < 1.29 is 5.11 Å². The van der Waals surface area contributed by atoms with Crippen molar-refractivity contribution in [3.8, 4) is 0 Å². The van der Waals surface area contributed by atoms with Crippen LogP contribution in [0.25, 0.3) is 0 Å². The van der Waals surface area contributed by atoms with E-state index in [-0.39, 0.29) is 6.54 Å². The van der Waals surface area contributed by atoms with Crippen molar-refractivity contribution in [3.63, 3.8) is 0 Å². The third kappa shape index (κ3) is 2.33. The minimum absolute atomic E-state index is 0.285. The molecule has 0 fully saturated rings. The standard InChI is InChI=1S/C10H19N3O/c1-4-10(14,7-11)6-9-5-8(2)12-13(9)3/h5,14H,4,6-7,11H2,1-3H3. The van der Waals surface area contributed by atoms with E-state index >= 15 is 0 Å². The number of aliphatic hydroxyl groups is 1. The fourth-order valence-electron chi connectivity index (χ4n) is 1.51. The summed E-state index contributed by atoms with van der Waals surface area (Å²) in [5, 5.41) is 14.3. The van der Waals surface area contributed by atoms with Crippen molar-refractivity contribution in [1.29, 1.82) is 0 Å². The maximum Gasteiger partial charge on any atom is 0.0821 e. The Hall–Kier alpha value is -0.870. The molecule has 0 saturated carbocycles. The Balaban J connectivity index is 2.81. The van der Waals surface area contributed by atoms with Crippen LogP contribution >= 0.6 is 0 Å². The maximum atomic E-state index is 10.0. The SMILES string of the molecule is CCC(O)(CN)Cc1cc(C)nn1C. The molecule has 0 aliphatic carbocycles. The molecule has 80 valence electrons. The highest BCUT2D eigenvalue weighted by molar-refractivity contribution is 5.11. The lowest BCUT2D eigenvalue weighted by molar-refractivity contribution is 0.0438. The average Bonchev–Trinajstić information content (AvgIpc) is 2.45. The summed E-state index contributed by atoms with van der Waals surface area (Å²) in [5.74, 6) is 0. The minimum atomic E-state index is -0.791. The summed E-state index contributed by atoms with van der Waals surface area (Å²) in [6.45, 7) is 4.17. The van der Waals surface area contributed by atoms with Crippen molar-refractivity contribution in [2.45, 2.75) is 32.3 Å². The third-order valence-corrected chi connectivity index (χ3v) is 2.65. The van der Waals surface area contributed by atoms with E-state index in [1.807, 2.05) is 27.0 Å². The first-order valence-corrected chi connectivity index (χ1v) is 4.92. The van der Waals surface area contributed by atoms with Crippen LogP contribution in [0, 0.1) is 6.92 Å². The predicted molar refractivity (Wildman–Crippen MR) is 55.9 cm³/mol. The third-order valence-electron chi connectivity index (χ3n) is 2.65. The molecule has 0 radical (unpaired) electrons. The highest BCUT2D eigenvalue weighted by Crippen LogP contribution is 2.16. The van der Waals surface area contributed by atoms with Crippen molar-refractivity contribution in [3.05, 3.63) is 17.5 Å². The van der Waals surface area contributed by atoms with Gasteiger partial charge in [0, 0.05) is 25.7 Å². The molecule has 1 unspecified atom stereocenters. The lowest BCUT2D eigenvalue weighted by Crippen LogP contribution is -2.39. The van der Waals surface area contributed by atoms with Crippen LogP contribution in [0.15, 0.2) is 6.07 Å². The van der Waals surface area contributed by atoms with Gasteiger partial charge < -0.3 is 10.8 Å². The smallest absolute Gasteiger partial charge is 0.0821 e. The number of aromatic nitrogens is 2. The molecule has 0 aliphatic heterocycles. The van der Waals surface area contributed by atoms with Gasteiger partial charge in [0.05, 0.1) is 11.3 Å². The monoisotopic (exact) mass is 197 g/mol. The van der Waals surface area contributed by atoms with E-state index in [1.165, 1.54) is 0 Å². The molecule has 0 aromatic carbocycles. The Morgan fingerprint density at radius 3 is 2.64 bits per heavy atom. The molecule has 3 N–H and O–H groups in total. The van der Waals surface area contributed by atoms with Crippen molar-refractivity contribution in [1.82, 2.24) is 9.78 Å². The Morgan fingerprint density at radius 1 is 1.64 bits per heavy atom. The minimum Gasteiger partial charge on any atom is -0.388 e. The molecule has 0 amide bonds. The Kier molecular flexibility index (Phi) is 3.29. The fourth-order valence-corrected chi connectivity index (χ4v) is 1.51. The van der Waals surface area contributed by atoms with Crippen molar-refractivity contribution in [2.75, 3.05) is 6.54 Å². The second-order valence-corrected chi connectivity index (χ2v) is 3.86. The number of hydrogen-bond donors (Lipinski definition) is 2. The van der Waals surface area contributed by atoms with Crippen LogP contribution in [-0.2, 0) is 13.5 Å². The Labute approximate surface area is 84.7 Å². The molecule has 1 aromatic rings. The Bertz CT molecular complexity index is 302. The van der Waals surface area contributed by atoms with E-state index < -0.39 is 5.60 Å². The number of nitrogens with zero attached hydrogens (tertiary/aromatic N) is 2. The van der Waals surface area contributed by atoms with Gasteiger partial charge in [-0.25, -0.2) is 0 Å². The summed E-state index contributed by atoms with van der Waals surface area (Å²) in [6, 6.07) is 1.98. The summed E-state index contributed by atoms with van der Waals surface area (Å²) < 4.78 is 1.80. The molecule has 0 saturated heterocycles. The van der Waals surface area contributed by atoms with Crippen LogP contribution in [0.5, 0.6) is 0 Å². The molecule has 1 heterocycles. The highest BCUT2D eigenvalue weighted by Gasteiger charge is 2.24. The number of rotatable bonds is 4. The molecule has 0 bridgehead atoms. The van der Waals surface area contributed by atoms with E-state index in [2.05, 4.69) is 5.10 Å². The summed E-state index contributed by atoms with van der Waals surface area (Å²) >= 11 is 0. The first-order valence-electron chi connectivity index (χ1n) is 4.92. The van der Waals surface area contributed by atoms with Crippen molar-refractivity contribution >= 4 is 0 Å². The lowest BCUT2D eigenvalue weighted by Gasteiger charge is -2.24. The van der Waals surface area contributed by atoms with Gasteiger partial charge in [-0.2, -0.15) is 5.10 Å². The van der Waals surface area contributed by atoms with Gasteiger partial charge in [0.1, 0.15) is 0 Å². The molecule has 4 nitrogen and oxygen atoms in total. The van der Waals surface area contributed by atoms with Crippen LogP contribution in [0.4, 0.5) is 0 Å². The maximum absolute atomic E-state index is 10.0. The predicted octanol–water partition coefficient (Wildman–Crippen LogP) is 0.371. The van der Waals surface area contributed by atoms with Crippen LogP contribution in [0.2, 0.25) is 0 Å². The Morgan fingerprint density at radius 2 is 2.29 bits per heavy atom. The summed E-state index contributed by atoms with van der Waals surface area (Å²) in [6.07, 6.45) is 1.23. The van der Waals surface area contributed by atoms with Crippen LogP contribution in [-0.4, -0.2) is 27.0 Å². The zero-order valence-corrected chi connectivity index (χ0v) is 9.12. The molecule has 0 spiro atoms. The van der Waals surface area contributed by atoms with Gasteiger partial charge in [-0.3, -0.25) is 4.68 Å². The molecular formula is C10H19N3O. The topological polar surface area (TPSA) is 64.1 Å². The first-order chi connectivity index (χ1) is 6.50. The van der Waals surface area contributed by atoms with Gasteiger partial charge >= 0.3 is 0 Å². The van der Waals surface area contributed by atoms with Gasteiger partial charge in [0.25, 0.3) is 0 Å². The molecule has 4 heteroatoms. The van der Waals surface area contributed by atoms with Gasteiger partial charge in [0.15, 0.2) is 0 Å².